The molecule has 1 aromatic carbocycles. The van der Waals surface area contributed by atoms with Gasteiger partial charge in [-0.05, 0) is 31.9 Å². The van der Waals surface area contributed by atoms with Crippen molar-refractivity contribution >= 4 is 16.9 Å². The highest BCUT2D eigenvalue weighted by Crippen LogP contribution is 2.32. The molecule has 3 heterocycles. The monoisotopic (exact) mass is 300 g/mol. The van der Waals surface area contributed by atoms with Crippen LogP contribution in [0.15, 0.2) is 28.8 Å². The third-order valence-corrected chi connectivity index (χ3v) is 4.83. The summed E-state index contributed by atoms with van der Waals surface area (Å²) in [5, 5.41) is 5.00. The molecule has 0 aliphatic carbocycles. The average molecular weight is 300 g/mol. The number of para-hydroxylation sites is 1. The molecule has 0 unspecified atom stereocenters. The Morgan fingerprint density at radius 3 is 3.18 bits per heavy atom. The Morgan fingerprint density at radius 2 is 2.27 bits per heavy atom. The van der Waals surface area contributed by atoms with Gasteiger partial charge in [0.1, 0.15) is 5.69 Å². The minimum Gasteiger partial charge on any atom is -0.375 e. The molecule has 116 valence electrons. The molecule has 2 aromatic rings. The van der Waals surface area contributed by atoms with Crippen LogP contribution in [0.4, 0.5) is 0 Å². The summed E-state index contributed by atoms with van der Waals surface area (Å²) in [7, 11) is 0. The first-order valence-corrected chi connectivity index (χ1v) is 7.97. The molecule has 2 saturated heterocycles. The molecule has 0 bridgehead atoms. The van der Waals surface area contributed by atoms with E-state index in [2.05, 4.69) is 12.1 Å². The first-order chi connectivity index (χ1) is 10.7. The summed E-state index contributed by atoms with van der Waals surface area (Å²) in [5.74, 6) is 0.624. The van der Waals surface area contributed by atoms with Crippen molar-refractivity contribution in [3.63, 3.8) is 0 Å². The van der Waals surface area contributed by atoms with Crippen molar-refractivity contribution in [1.82, 2.24) is 10.1 Å². The Bertz CT molecular complexity index is 696. The summed E-state index contributed by atoms with van der Waals surface area (Å²) in [6, 6.07) is 7.67. The van der Waals surface area contributed by atoms with E-state index in [9.17, 15) is 4.79 Å². The summed E-state index contributed by atoms with van der Waals surface area (Å²) in [4.78, 5) is 14.5. The number of hydrogen-bond donors (Lipinski definition) is 0. The number of carbonyl (C=O) groups is 1. The van der Waals surface area contributed by atoms with E-state index < -0.39 is 0 Å². The molecule has 2 aliphatic heterocycles. The van der Waals surface area contributed by atoms with E-state index in [-0.39, 0.29) is 5.91 Å². The second-order valence-electron chi connectivity index (χ2n) is 6.41. The van der Waals surface area contributed by atoms with Crippen LogP contribution in [-0.2, 0) is 16.0 Å². The van der Waals surface area contributed by atoms with E-state index >= 15 is 0 Å². The maximum absolute atomic E-state index is 12.6. The van der Waals surface area contributed by atoms with Crippen LogP contribution in [0.1, 0.15) is 25.5 Å². The average Bonchev–Trinajstić information content (AvgIpc) is 3.09. The van der Waals surface area contributed by atoms with Crippen LogP contribution in [0.3, 0.4) is 0 Å². The zero-order valence-electron chi connectivity index (χ0n) is 12.7. The number of carbonyl (C=O) groups excluding carboxylic acids is 1. The maximum Gasteiger partial charge on any atom is 0.228 e. The second-order valence-corrected chi connectivity index (χ2v) is 6.41. The first kappa shape index (κ1) is 13.8. The largest absolute Gasteiger partial charge is 0.375 e. The molecule has 0 N–H and O–H groups in total. The Balaban J connectivity index is 1.46. The number of ether oxygens (including phenoxy) is 1. The predicted octanol–water partition coefficient (Wildman–Crippen LogP) is 2.40. The van der Waals surface area contributed by atoms with Crippen molar-refractivity contribution in [2.45, 2.75) is 38.4 Å². The number of piperidine rings is 1. The highest BCUT2D eigenvalue weighted by Gasteiger charge is 2.38. The van der Waals surface area contributed by atoms with Crippen molar-refractivity contribution in [3.8, 4) is 0 Å². The number of aromatic nitrogens is 1. The van der Waals surface area contributed by atoms with Gasteiger partial charge in [-0.15, -0.1) is 0 Å². The van der Waals surface area contributed by atoms with Crippen LogP contribution in [0.2, 0.25) is 0 Å². The SMILES string of the molecule is C[C@H]1C[C@H]2CN(C(=O)Cc3noc4ccccc34)CC[C@@H]2O1. The molecule has 1 amide bonds. The van der Waals surface area contributed by atoms with E-state index in [0.29, 0.717) is 24.5 Å². The number of likely N-dealkylation sites (tertiary alicyclic amines) is 1. The van der Waals surface area contributed by atoms with Gasteiger partial charge in [-0.2, -0.15) is 0 Å². The van der Waals surface area contributed by atoms with Crippen molar-refractivity contribution in [1.29, 1.82) is 0 Å². The fourth-order valence-electron chi connectivity index (χ4n) is 3.74. The van der Waals surface area contributed by atoms with Gasteiger partial charge in [0.05, 0.1) is 18.6 Å². The number of rotatable bonds is 2. The van der Waals surface area contributed by atoms with E-state index in [1.807, 2.05) is 29.2 Å². The highest BCUT2D eigenvalue weighted by atomic mass is 16.5. The molecular formula is C17H20N2O3. The van der Waals surface area contributed by atoms with E-state index in [0.717, 1.165) is 42.6 Å². The molecule has 4 rings (SSSR count). The fourth-order valence-corrected chi connectivity index (χ4v) is 3.74. The zero-order chi connectivity index (χ0) is 15.1. The van der Waals surface area contributed by atoms with Crippen LogP contribution in [0.25, 0.3) is 11.0 Å². The third kappa shape index (κ3) is 2.39. The quantitative estimate of drug-likeness (QED) is 0.854. The second kappa shape index (κ2) is 5.39. The molecule has 1 aromatic heterocycles. The highest BCUT2D eigenvalue weighted by molar-refractivity contribution is 5.86. The van der Waals surface area contributed by atoms with Crippen LogP contribution < -0.4 is 0 Å². The van der Waals surface area contributed by atoms with Crippen LogP contribution >= 0.6 is 0 Å². The van der Waals surface area contributed by atoms with E-state index in [1.54, 1.807) is 0 Å². The van der Waals surface area contributed by atoms with Crippen molar-refractivity contribution < 1.29 is 14.1 Å². The lowest BCUT2D eigenvalue weighted by Crippen LogP contribution is -2.45. The molecule has 3 atom stereocenters. The van der Waals surface area contributed by atoms with Gasteiger partial charge in [-0.25, -0.2) is 0 Å². The van der Waals surface area contributed by atoms with Gasteiger partial charge >= 0.3 is 0 Å². The lowest BCUT2D eigenvalue weighted by atomic mass is 9.93. The van der Waals surface area contributed by atoms with Crippen molar-refractivity contribution in [2.75, 3.05) is 13.1 Å². The molecule has 22 heavy (non-hydrogen) atoms. The number of nitrogens with zero attached hydrogens (tertiary/aromatic N) is 2. The van der Waals surface area contributed by atoms with Gasteiger partial charge in [0.25, 0.3) is 0 Å². The first-order valence-electron chi connectivity index (χ1n) is 7.97. The number of hydrogen-bond acceptors (Lipinski definition) is 4. The van der Waals surface area contributed by atoms with Gasteiger partial charge in [0.2, 0.25) is 5.91 Å². The summed E-state index contributed by atoms with van der Waals surface area (Å²) >= 11 is 0. The zero-order valence-corrected chi connectivity index (χ0v) is 12.7. The van der Waals surface area contributed by atoms with Crippen LogP contribution in [0.5, 0.6) is 0 Å². The molecule has 2 fully saturated rings. The molecule has 5 heteroatoms. The normalized spacial score (nSPS) is 28.0. The summed E-state index contributed by atoms with van der Waals surface area (Å²) < 4.78 is 11.2. The summed E-state index contributed by atoms with van der Waals surface area (Å²) in [6.45, 7) is 3.71. The molecule has 0 radical (unpaired) electrons. The Kier molecular flexibility index (Phi) is 3.37. The lowest BCUT2D eigenvalue weighted by molar-refractivity contribution is -0.133. The van der Waals surface area contributed by atoms with Gasteiger partial charge in [0.15, 0.2) is 5.58 Å². The minimum absolute atomic E-state index is 0.136. The Morgan fingerprint density at radius 1 is 1.41 bits per heavy atom. The number of amides is 1. The van der Waals surface area contributed by atoms with Gasteiger partial charge in [0, 0.05) is 24.4 Å². The van der Waals surface area contributed by atoms with Gasteiger partial charge < -0.3 is 14.2 Å². The fraction of sp³-hybridized carbons (Fsp3) is 0.529. The molecule has 2 aliphatic rings. The number of benzene rings is 1. The molecule has 5 nitrogen and oxygen atoms in total. The Labute approximate surface area is 129 Å². The molecule has 0 spiro atoms. The predicted molar refractivity (Wildman–Crippen MR) is 81.4 cm³/mol. The van der Waals surface area contributed by atoms with Gasteiger partial charge in [-0.1, -0.05) is 17.3 Å². The molecule has 0 saturated carbocycles. The third-order valence-electron chi connectivity index (χ3n) is 4.83. The number of fused-ring (bicyclic) bond motifs is 2. The Hall–Kier alpha value is -1.88. The maximum atomic E-state index is 12.6. The lowest BCUT2D eigenvalue weighted by Gasteiger charge is -2.34. The smallest absolute Gasteiger partial charge is 0.228 e. The van der Waals surface area contributed by atoms with Crippen molar-refractivity contribution in [2.24, 2.45) is 5.92 Å². The summed E-state index contributed by atoms with van der Waals surface area (Å²) in [5.41, 5.74) is 1.47. The van der Waals surface area contributed by atoms with Crippen LogP contribution in [-0.4, -0.2) is 41.3 Å². The van der Waals surface area contributed by atoms with Crippen molar-refractivity contribution in [3.05, 3.63) is 30.0 Å². The van der Waals surface area contributed by atoms with E-state index in [1.165, 1.54) is 0 Å². The standard InChI is InChI=1S/C17H20N2O3/c1-11-8-12-10-19(7-6-15(12)21-11)17(20)9-14-13-4-2-3-5-16(13)22-18-14/h2-5,11-12,15H,6-10H2,1H3/t11-,12-,15-/m0/s1. The molecular weight excluding hydrogens is 280 g/mol. The van der Waals surface area contributed by atoms with Crippen LogP contribution in [0, 0.1) is 5.92 Å². The van der Waals surface area contributed by atoms with Gasteiger partial charge in [-0.3, -0.25) is 4.79 Å². The summed E-state index contributed by atoms with van der Waals surface area (Å²) in [6.07, 6.45) is 2.98. The topological polar surface area (TPSA) is 55.6 Å². The van der Waals surface area contributed by atoms with E-state index in [4.69, 9.17) is 9.26 Å². The minimum atomic E-state index is 0.136.